The molecule has 0 bridgehead atoms. The first-order valence-corrected chi connectivity index (χ1v) is 7.16. The summed E-state index contributed by atoms with van der Waals surface area (Å²) in [5.74, 6) is -0.766. The number of rotatable bonds is 5. The van der Waals surface area contributed by atoms with Gasteiger partial charge in [0, 0.05) is 12.5 Å². The Balaban J connectivity index is 2.49. The van der Waals surface area contributed by atoms with Gasteiger partial charge in [0.15, 0.2) is 11.5 Å². The van der Waals surface area contributed by atoms with E-state index in [4.69, 9.17) is 9.47 Å². The Morgan fingerprint density at radius 1 is 1.27 bits per heavy atom. The number of nitrogens with zero attached hydrogens (tertiary/aromatic N) is 1. The normalized spacial score (nSPS) is 21.3. The van der Waals surface area contributed by atoms with Crippen molar-refractivity contribution in [3.63, 3.8) is 0 Å². The van der Waals surface area contributed by atoms with E-state index in [0.29, 0.717) is 11.5 Å². The first-order valence-electron chi connectivity index (χ1n) is 7.16. The molecule has 22 heavy (non-hydrogen) atoms. The minimum atomic E-state index is -0.962. The number of hydrogen-bond donors (Lipinski definition) is 1. The average Bonchev–Trinajstić information content (AvgIpc) is 2.84. The monoisotopic (exact) mass is 307 g/mol. The summed E-state index contributed by atoms with van der Waals surface area (Å²) in [6, 6.07) is 4.69. The van der Waals surface area contributed by atoms with Gasteiger partial charge >= 0.3 is 5.97 Å². The van der Waals surface area contributed by atoms with E-state index < -0.39 is 17.9 Å². The molecule has 1 amide bonds. The van der Waals surface area contributed by atoms with Crippen LogP contribution in [0.5, 0.6) is 11.5 Å². The van der Waals surface area contributed by atoms with E-state index in [-0.39, 0.29) is 18.4 Å². The number of carboxylic acids is 1. The lowest BCUT2D eigenvalue weighted by molar-refractivity contribution is -0.142. The van der Waals surface area contributed by atoms with Gasteiger partial charge in [-0.25, -0.2) is 0 Å². The SMILES string of the molecule is COc1ccc([C@@H]2[C@H](C(=O)O)CC(=O)N2C(C)C)cc1OC. The van der Waals surface area contributed by atoms with Crippen molar-refractivity contribution < 1.29 is 24.2 Å². The third kappa shape index (κ3) is 2.73. The van der Waals surface area contributed by atoms with Crippen molar-refractivity contribution in [1.82, 2.24) is 4.90 Å². The summed E-state index contributed by atoms with van der Waals surface area (Å²) >= 11 is 0. The fourth-order valence-corrected chi connectivity index (χ4v) is 3.02. The Hall–Kier alpha value is -2.24. The molecule has 1 saturated heterocycles. The van der Waals surface area contributed by atoms with Gasteiger partial charge < -0.3 is 19.5 Å². The maximum atomic E-state index is 12.2. The molecular weight excluding hydrogens is 286 g/mol. The van der Waals surface area contributed by atoms with E-state index in [0.717, 1.165) is 5.56 Å². The highest BCUT2D eigenvalue weighted by Gasteiger charge is 2.45. The van der Waals surface area contributed by atoms with Crippen LogP contribution in [0.15, 0.2) is 18.2 Å². The number of carbonyl (C=O) groups excluding carboxylic acids is 1. The van der Waals surface area contributed by atoms with Gasteiger partial charge in [-0.15, -0.1) is 0 Å². The van der Waals surface area contributed by atoms with Crippen molar-refractivity contribution in [2.45, 2.75) is 32.4 Å². The fraction of sp³-hybridized carbons (Fsp3) is 0.500. The number of hydrogen-bond acceptors (Lipinski definition) is 4. The highest BCUT2D eigenvalue weighted by molar-refractivity contribution is 5.87. The van der Waals surface area contributed by atoms with E-state index in [1.807, 2.05) is 13.8 Å². The molecule has 1 aliphatic heterocycles. The lowest BCUT2D eigenvalue weighted by Gasteiger charge is -2.31. The number of methoxy groups -OCH3 is 2. The van der Waals surface area contributed by atoms with E-state index in [1.165, 1.54) is 14.2 Å². The largest absolute Gasteiger partial charge is 0.493 e. The average molecular weight is 307 g/mol. The van der Waals surface area contributed by atoms with Crippen LogP contribution in [-0.2, 0) is 9.59 Å². The standard InChI is InChI=1S/C16H21NO5/c1-9(2)17-14(18)8-11(16(19)20)15(17)10-5-6-12(21-3)13(7-10)22-4/h5-7,9,11,15H,8H2,1-4H3,(H,19,20)/t11-,15-/m1/s1. The maximum absolute atomic E-state index is 12.2. The smallest absolute Gasteiger partial charge is 0.309 e. The molecule has 0 aromatic heterocycles. The lowest BCUT2D eigenvalue weighted by Crippen LogP contribution is -2.36. The van der Waals surface area contributed by atoms with Crippen LogP contribution < -0.4 is 9.47 Å². The highest BCUT2D eigenvalue weighted by Crippen LogP contribution is 2.42. The first-order chi connectivity index (χ1) is 10.4. The molecule has 1 aliphatic rings. The molecule has 120 valence electrons. The van der Waals surface area contributed by atoms with Gasteiger partial charge in [-0.1, -0.05) is 6.07 Å². The molecule has 0 radical (unpaired) electrons. The summed E-state index contributed by atoms with van der Waals surface area (Å²) < 4.78 is 10.5. The Bertz CT molecular complexity index is 584. The zero-order valence-corrected chi connectivity index (χ0v) is 13.2. The number of likely N-dealkylation sites (tertiary alicyclic amines) is 1. The molecule has 1 fully saturated rings. The molecule has 6 heteroatoms. The van der Waals surface area contributed by atoms with Crippen LogP contribution in [0.2, 0.25) is 0 Å². The highest BCUT2D eigenvalue weighted by atomic mass is 16.5. The van der Waals surface area contributed by atoms with Gasteiger partial charge in [-0.3, -0.25) is 9.59 Å². The molecule has 0 spiro atoms. The Morgan fingerprint density at radius 3 is 2.41 bits per heavy atom. The molecule has 0 aliphatic carbocycles. The number of aliphatic carboxylic acids is 1. The summed E-state index contributed by atoms with van der Waals surface area (Å²) in [7, 11) is 3.06. The lowest BCUT2D eigenvalue weighted by atomic mass is 9.93. The van der Waals surface area contributed by atoms with Crippen molar-refractivity contribution in [3.05, 3.63) is 23.8 Å². The summed E-state index contributed by atoms with van der Waals surface area (Å²) in [4.78, 5) is 25.4. The van der Waals surface area contributed by atoms with Gasteiger partial charge in [-0.2, -0.15) is 0 Å². The summed E-state index contributed by atoms with van der Waals surface area (Å²) in [6.07, 6.45) is 0.0204. The minimum absolute atomic E-state index is 0.0204. The van der Waals surface area contributed by atoms with Crippen molar-refractivity contribution in [1.29, 1.82) is 0 Å². The summed E-state index contributed by atoms with van der Waals surface area (Å²) in [5.41, 5.74) is 0.740. The molecule has 0 saturated carbocycles. The van der Waals surface area contributed by atoms with Crippen LogP contribution in [0.4, 0.5) is 0 Å². The molecular formula is C16H21NO5. The zero-order valence-electron chi connectivity index (χ0n) is 13.2. The van der Waals surface area contributed by atoms with Crippen molar-refractivity contribution in [3.8, 4) is 11.5 Å². The number of amides is 1. The summed E-state index contributed by atoms with van der Waals surface area (Å²) in [6.45, 7) is 3.77. The molecule has 1 aromatic carbocycles. The molecule has 2 rings (SSSR count). The van der Waals surface area contributed by atoms with Crippen molar-refractivity contribution in [2.75, 3.05) is 14.2 Å². The van der Waals surface area contributed by atoms with Gasteiger partial charge in [0.25, 0.3) is 0 Å². The predicted molar refractivity (Wildman–Crippen MR) is 80.0 cm³/mol. The second-order valence-corrected chi connectivity index (χ2v) is 5.60. The third-order valence-electron chi connectivity index (χ3n) is 3.99. The van der Waals surface area contributed by atoms with Crippen LogP contribution in [-0.4, -0.2) is 42.1 Å². The van der Waals surface area contributed by atoms with Gasteiger partial charge in [0.1, 0.15) is 0 Å². The van der Waals surface area contributed by atoms with Gasteiger partial charge in [-0.05, 0) is 31.5 Å². The topological polar surface area (TPSA) is 76.1 Å². The quantitative estimate of drug-likeness (QED) is 0.901. The van der Waals surface area contributed by atoms with Crippen molar-refractivity contribution >= 4 is 11.9 Å². The molecule has 6 nitrogen and oxygen atoms in total. The van der Waals surface area contributed by atoms with E-state index in [9.17, 15) is 14.7 Å². The molecule has 0 unspecified atom stereocenters. The van der Waals surface area contributed by atoms with Crippen LogP contribution in [0.1, 0.15) is 31.9 Å². The molecule has 2 atom stereocenters. The van der Waals surface area contributed by atoms with E-state index in [1.54, 1.807) is 23.1 Å². The Labute approximate surface area is 129 Å². The van der Waals surface area contributed by atoms with Crippen LogP contribution in [0.3, 0.4) is 0 Å². The molecule has 1 heterocycles. The van der Waals surface area contributed by atoms with Gasteiger partial charge in [0.2, 0.25) is 5.91 Å². The fourth-order valence-electron chi connectivity index (χ4n) is 3.02. The first kappa shape index (κ1) is 16.1. The van der Waals surface area contributed by atoms with Gasteiger partial charge in [0.05, 0.1) is 26.2 Å². The third-order valence-corrected chi connectivity index (χ3v) is 3.99. The Morgan fingerprint density at radius 2 is 1.91 bits per heavy atom. The van der Waals surface area contributed by atoms with E-state index >= 15 is 0 Å². The van der Waals surface area contributed by atoms with Crippen LogP contribution in [0, 0.1) is 5.92 Å². The number of benzene rings is 1. The van der Waals surface area contributed by atoms with E-state index in [2.05, 4.69) is 0 Å². The van der Waals surface area contributed by atoms with Crippen LogP contribution in [0.25, 0.3) is 0 Å². The number of ether oxygens (including phenoxy) is 2. The number of carboxylic acid groups (broad SMARTS) is 1. The zero-order chi connectivity index (χ0) is 16.4. The second-order valence-electron chi connectivity index (χ2n) is 5.60. The second kappa shape index (κ2) is 6.25. The molecule has 1 aromatic rings. The number of carbonyl (C=O) groups is 2. The maximum Gasteiger partial charge on any atom is 0.309 e. The Kier molecular flexibility index (Phi) is 4.59. The predicted octanol–water partition coefficient (Wildman–Crippen LogP) is 2.09. The van der Waals surface area contributed by atoms with Crippen LogP contribution >= 0.6 is 0 Å². The minimum Gasteiger partial charge on any atom is -0.493 e. The summed E-state index contributed by atoms with van der Waals surface area (Å²) in [5, 5.41) is 9.45. The van der Waals surface area contributed by atoms with Crippen molar-refractivity contribution in [2.24, 2.45) is 5.92 Å². The molecule has 1 N–H and O–H groups in total.